The number of quaternary nitrogens is 1. The Bertz CT molecular complexity index is 494. The Morgan fingerprint density at radius 3 is 2.55 bits per heavy atom. The minimum absolute atomic E-state index is 0.119. The highest BCUT2D eigenvalue weighted by Crippen LogP contribution is 2.27. The van der Waals surface area contributed by atoms with Crippen molar-refractivity contribution in [1.29, 1.82) is 5.41 Å². The standard InChI is InChI=1S/C15H21Cl2N3/c1-9(2)14(18)13-11(16)8-12(17)20-15(13)19-10-6-4-3-5-7-10/h8-10,18H,3-7H2,1-2H3,(H,19,20)/p+1. The second kappa shape index (κ2) is 6.88. The van der Waals surface area contributed by atoms with Crippen molar-refractivity contribution in [3.05, 3.63) is 21.8 Å². The zero-order valence-corrected chi connectivity index (χ0v) is 13.6. The second-order valence-electron chi connectivity index (χ2n) is 5.82. The van der Waals surface area contributed by atoms with E-state index in [2.05, 4.69) is 10.3 Å². The van der Waals surface area contributed by atoms with E-state index in [1.54, 1.807) is 6.07 Å². The number of nitrogens with two attached hydrogens (primary N) is 1. The van der Waals surface area contributed by atoms with E-state index in [-0.39, 0.29) is 5.92 Å². The van der Waals surface area contributed by atoms with Crippen LogP contribution in [0.2, 0.25) is 10.2 Å². The van der Waals surface area contributed by atoms with E-state index < -0.39 is 0 Å². The average molecular weight is 315 g/mol. The zero-order chi connectivity index (χ0) is 14.7. The molecule has 0 spiro atoms. The van der Waals surface area contributed by atoms with Gasteiger partial charge in [-0.15, -0.1) is 0 Å². The number of nitrogens with zero attached hydrogens (tertiary/aromatic N) is 1. The molecule has 0 amide bonds. The van der Waals surface area contributed by atoms with Crippen LogP contribution in [0.1, 0.15) is 51.5 Å². The molecule has 110 valence electrons. The van der Waals surface area contributed by atoms with Gasteiger partial charge in [-0.25, -0.2) is 0 Å². The molecule has 2 rings (SSSR count). The number of nitrogens with one attached hydrogen (secondary N) is 1. The van der Waals surface area contributed by atoms with Crippen LogP contribution < -0.4 is 5.32 Å². The van der Waals surface area contributed by atoms with E-state index in [0.29, 0.717) is 21.9 Å². The van der Waals surface area contributed by atoms with E-state index in [1.807, 2.05) is 13.8 Å². The van der Waals surface area contributed by atoms with E-state index in [4.69, 9.17) is 28.6 Å². The Hall–Kier alpha value is -0.640. The molecule has 0 aromatic carbocycles. The number of hydrogen-bond donors (Lipinski definition) is 2. The van der Waals surface area contributed by atoms with Crippen LogP contribution in [0.25, 0.3) is 0 Å². The van der Waals surface area contributed by atoms with Gasteiger partial charge in [0.25, 0.3) is 0 Å². The molecule has 20 heavy (non-hydrogen) atoms. The van der Waals surface area contributed by atoms with Crippen LogP contribution in [-0.2, 0) is 0 Å². The Morgan fingerprint density at radius 2 is 1.95 bits per heavy atom. The Balaban J connectivity index is 2.31. The molecule has 1 aromatic heterocycles. The summed E-state index contributed by atoms with van der Waals surface area (Å²) in [5.74, 6) is 0.905. The van der Waals surface area contributed by atoms with Gasteiger partial charge >= 0.3 is 0 Å². The largest absolute Gasteiger partial charge is 0.304 e. The molecule has 3 N–H and O–H groups in total. The highest BCUT2D eigenvalue weighted by Gasteiger charge is 2.24. The van der Waals surface area contributed by atoms with Gasteiger partial charge in [0, 0.05) is 0 Å². The molecule has 0 unspecified atom stereocenters. The lowest BCUT2D eigenvalue weighted by atomic mass is 9.94. The molecular formula is C15H22Cl2N3+. The highest BCUT2D eigenvalue weighted by atomic mass is 35.5. The Morgan fingerprint density at radius 1 is 1.30 bits per heavy atom. The van der Waals surface area contributed by atoms with Gasteiger partial charge in [-0.2, -0.15) is 4.98 Å². The topological polar surface area (TPSA) is 53.4 Å². The van der Waals surface area contributed by atoms with Gasteiger partial charge in [0.1, 0.15) is 5.15 Å². The Labute approximate surface area is 130 Å². The summed E-state index contributed by atoms with van der Waals surface area (Å²) < 4.78 is 0. The van der Waals surface area contributed by atoms with Crippen molar-refractivity contribution in [2.24, 2.45) is 5.92 Å². The first kappa shape index (κ1) is 15.7. The number of hydrogen-bond acceptors (Lipinski definition) is 2. The number of aromatic nitrogens is 1. The molecule has 1 heterocycles. The molecular weight excluding hydrogens is 293 g/mol. The number of halogens is 2. The second-order valence-corrected chi connectivity index (χ2v) is 6.61. The smallest absolute Gasteiger partial charge is 0.236 e. The molecule has 0 saturated heterocycles. The van der Waals surface area contributed by atoms with Gasteiger partial charge in [0.15, 0.2) is 0 Å². The van der Waals surface area contributed by atoms with Crippen LogP contribution in [0.3, 0.4) is 0 Å². The van der Waals surface area contributed by atoms with Crippen molar-refractivity contribution in [2.45, 2.75) is 52.0 Å². The van der Waals surface area contributed by atoms with Crippen LogP contribution in [0, 0.1) is 11.3 Å². The Kier molecular flexibility index (Phi) is 5.42. The van der Waals surface area contributed by atoms with Crippen molar-refractivity contribution < 1.29 is 5.32 Å². The fourth-order valence-corrected chi connectivity index (χ4v) is 3.26. The van der Waals surface area contributed by atoms with Crippen LogP contribution in [0.4, 0.5) is 5.82 Å². The van der Waals surface area contributed by atoms with Gasteiger partial charge < -0.3 is 5.41 Å². The van der Waals surface area contributed by atoms with Crippen molar-refractivity contribution in [3.63, 3.8) is 0 Å². The lowest BCUT2D eigenvalue weighted by Crippen LogP contribution is -2.85. The van der Waals surface area contributed by atoms with Crippen LogP contribution in [0.5, 0.6) is 0 Å². The fraction of sp³-hybridized carbons (Fsp3) is 0.600. The minimum atomic E-state index is 0.119. The summed E-state index contributed by atoms with van der Waals surface area (Å²) in [7, 11) is 0. The molecule has 1 aliphatic rings. The van der Waals surface area contributed by atoms with Crippen molar-refractivity contribution >= 4 is 34.7 Å². The van der Waals surface area contributed by atoms with Gasteiger partial charge in [-0.1, -0.05) is 43.5 Å². The maximum atomic E-state index is 8.27. The molecule has 0 aliphatic heterocycles. The van der Waals surface area contributed by atoms with Crippen LogP contribution in [0.15, 0.2) is 6.07 Å². The van der Waals surface area contributed by atoms with E-state index in [0.717, 1.165) is 11.4 Å². The van der Waals surface area contributed by atoms with E-state index in [1.165, 1.54) is 32.1 Å². The number of pyridine rings is 1. The summed E-state index contributed by atoms with van der Waals surface area (Å²) in [6, 6.07) is 2.16. The summed E-state index contributed by atoms with van der Waals surface area (Å²) in [4.78, 5) is 4.42. The quantitative estimate of drug-likeness (QED) is 0.642. The summed E-state index contributed by atoms with van der Waals surface area (Å²) in [6.45, 7) is 4.00. The molecule has 0 bridgehead atoms. The fourth-order valence-electron chi connectivity index (χ4n) is 2.70. The third-order valence-electron chi connectivity index (χ3n) is 3.86. The summed E-state index contributed by atoms with van der Waals surface area (Å²) in [6.07, 6.45) is 6.25. The zero-order valence-electron chi connectivity index (χ0n) is 12.0. The molecule has 1 saturated carbocycles. The third-order valence-corrected chi connectivity index (χ3v) is 4.35. The van der Waals surface area contributed by atoms with Gasteiger partial charge in [0.05, 0.1) is 22.3 Å². The van der Waals surface area contributed by atoms with E-state index >= 15 is 0 Å². The molecule has 1 aromatic rings. The highest BCUT2D eigenvalue weighted by molar-refractivity contribution is 6.37. The first-order valence-corrected chi connectivity index (χ1v) is 8.04. The van der Waals surface area contributed by atoms with Crippen molar-refractivity contribution in [1.82, 2.24) is 4.98 Å². The molecule has 5 heteroatoms. The van der Waals surface area contributed by atoms with E-state index in [9.17, 15) is 0 Å². The molecule has 1 aliphatic carbocycles. The summed E-state index contributed by atoms with van der Waals surface area (Å²) in [5, 5.41) is 11.4. The SMILES string of the molecule is CC(C)C(=N)c1c(Cl)cc(Cl)nc1[NH2+]C1CCCCC1. The molecule has 3 nitrogen and oxygen atoms in total. The van der Waals surface area contributed by atoms with Crippen LogP contribution in [-0.4, -0.2) is 16.7 Å². The van der Waals surface area contributed by atoms with Gasteiger partial charge in [-0.05, 0) is 37.7 Å². The first-order valence-electron chi connectivity index (χ1n) is 7.28. The molecule has 0 radical (unpaired) electrons. The van der Waals surface area contributed by atoms with Crippen LogP contribution >= 0.6 is 23.2 Å². The number of rotatable bonds is 4. The molecule has 1 fully saturated rings. The third kappa shape index (κ3) is 3.72. The van der Waals surface area contributed by atoms with Crippen molar-refractivity contribution in [3.8, 4) is 0 Å². The predicted octanol–water partition coefficient (Wildman–Crippen LogP) is 3.94. The van der Waals surface area contributed by atoms with Gasteiger partial charge in [0.2, 0.25) is 5.82 Å². The molecule has 0 atom stereocenters. The summed E-state index contributed by atoms with van der Waals surface area (Å²) >= 11 is 12.3. The minimum Gasteiger partial charge on any atom is -0.304 e. The predicted molar refractivity (Wildman–Crippen MR) is 84.4 cm³/mol. The maximum Gasteiger partial charge on any atom is 0.236 e. The monoisotopic (exact) mass is 314 g/mol. The first-order chi connectivity index (χ1) is 9.49. The summed E-state index contributed by atoms with van der Waals surface area (Å²) in [5.41, 5.74) is 1.28. The maximum absolute atomic E-state index is 8.27. The lowest BCUT2D eigenvalue weighted by Gasteiger charge is -2.21. The average Bonchev–Trinajstić information content (AvgIpc) is 2.38. The van der Waals surface area contributed by atoms with Crippen molar-refractivity contribution in [2.75, 3.05) is 0 Å². The lowest BCUT2D eigenvalue weighted by molar-refractivity contribution is -0.617. The normalized spacial score (nSPS) is 16.6. The van der Waals surface area contributed by atoms with Gasteiger partial charge in [-0.3, -0.25) is 5.32 Å².